The Hall–Kier alpha value is -3.30. The number of hydrogen-bond acceptors (Lipinski definition) is 3. The smallest absolute Gasteiger partial charge is 0.115 e. The Balaban J connectivity index is 1.58. The molecular formula is C28H28N2O. The van der Waals surface area contributed by atoms with E-state index in [1.54, 1.807) is 6.33 Å². The molecule has 0 atom stereocenters. The Labute approximate surface area is 184 Å². The third-order valence-corrected chi connectivity index (χ3v) is 5.43. The molecule has 0 saturated carbocycles. The second kappa shape index (κ2) is 9.23. The third kappa shape index (κ3) is 5.07. The van der Waals surface area contributed by atoms with Gasteiger partial charge in [-0.05, 0) is 38.8 Å². The van der Waals surface area contributed by atoms with E-state index in [2.05, 4.69) is 97.5 Å². The molecule has 3 aromatic carbocycles. The zero-order valence-electron chi connectivity index (χ0n) is 18.4. The van der Waals surface area contributed by atoms with E-state index >= 15 is 0 Å². The predicted octanol–water partition coefficient (Wildman–Crippen LogP) is 6.82. The predicted molar refractivity (Wildman–Crippen MR) is 127 cm³/mol. The third-order valence-electron chi connectivity index (χ3n) is 5.43. The molecule has 0 unspecified atom stereocenters. The lowest BCUT2D eigenvalue weighted by Crippen LogP contribution is -2.10. The first-order chi connectivity index (χ1) is 15.0. The van der Waals surface area contributed by atoms with Crippen LogP contribution in [0.3, 0.4) is 0 Å². The maximum absolute atomic E-state index is 6.14. The molecule has 3 nitrogen and oxygen atoms in total. The molecular weight excluding hydrogens is 380 g/mol. The van der Waals surface area contributed by atoms with Crippen molar-refractivity contribution in [2.75, 3.05) is 0 Å². The van der Waals surface area contributed by atoms with Crippen LogP contribution in [0.25, 0.3) is 22.3 Å². The van der Waals surface area contributed by atoms with Gasteiger partial charge in [0.2, 0.25) is 0 Å². The first-order valence-electron chi connectivity index (χ1n) is 10.6. The van der Waals surface area contributed by atoms with E-state index < -0.39 is 0 Å². The second-order valence-electron chi connectivity index (χ2n) is 8.77. The summed E-state index contributed by atoms with van der Waals surface area (Å²) in [6, 6.07) is 25.5. The Bertz CT molecular complexity index is 1120. The van der Waals surface area contributed by atoms with Gasteiger partial charge in [-0.2, -0.15) is 0 Å². The maximum atomic E-state index is 6.14. The summed E-state index contributed by atoms with van der Waals surface area (Å²) in [6.45, 7) is 7.78. The zero-order chi connectivity index (χ0) is 21.7. The van der Waals surface area contributed by atoms with Crippen LogP contribution in [0, 0.1) is 0 Å². The van der Waals surface area contributed by atoms with Gasteiger partial charge in [-0.25, -0.2) is 9.97 Å². The Morgan fingerprint density at radius 2 is 1.42 bits per heavy atom. The second-order valence-corrected chi connectivity index (χ2v) is 8.77. The minimum atomic E-state index is 0.157. The molecule has 0 aliphatic carbocycles. The summed E-state index contributed by atoms with van der Waals surface area (Å²) in [5.74, 6) is 0. The number of nitrogens with zero attached hydrogens (tertiary/aromatic N) is 2. The molecule has 1 heterocycles. The van der Waals surface area contributed by atoms with Crippen LogP contribution < -0.4 is 0 Å². The lowest BCUT2D eigenvalue weighted by Gasteiger charge is -2.19. The highest BCUT2D eigenvalue weighted by Crippen LogP contribution is 2.35. The molecule has 0 fully saturated rings. The molecule has 4 rings (SSSR count). The molecule has 3 heteroatoms. The normalized spacial score (nSPS) is 11.5. The van der Waals surface area contributed by atoms with Crippen molar-refractivity contribution in [1.29, 1.82) is 0 Å². The monoisotopic (exact) mass is 408 g/mol. The van der Waals surface area contributed by atoms with E-state index in [1.165, 1.54) is 16.7 Å². The summed E-state index contributed by atoms with van der Waals surface area (Å²) < 4.78 is 6.14. The van der Waals surface area contributed by atoms with Crippen molar-refractivity contribution < 1.29 is 4.74 Å². The van der Waals surface area contributed by atoms with E-state index in [-0.39, 0.29) is 5.41 Å². The SMILES string of the molecule is CC(C)(C)c1ccc(COCc2cccc(-c3ccccc3)c2-c2cncnc2)cc1. The average Bonchev–Trinajstić information content (AvgIpc) is 2.80. The van der Waals surface area contributed by atoms with Crippen molar-refractivity contribution in [2.24, 2.45) is 0 Å². The molecule has 4 aromatic rings. The molecule has 0 saturated heterocycles. The largest absolute Gasteiger partial charge is 0.372 e. The summed E-state index contributed by atoms with van der Waals surface area (Å²) in [7, 11) is 0. The molecule has 0 radical (unpaired) electrons. The lowest BCUT2D eigenvalue weighted by atomic mass is 9.87. The minimum Gasteiger partial charge on any atom is -0.372 e. The fourth-order valence-corrected chi connectivity index (χ4v) is 3.73. The summed E-state index contributed by atoms with van der Waals surface area (Å²) >= 11 is 0. The van der Waals surface area contributed by atoms with Crippen molar-refractivity contribution in [3.63, 3.8) is 0 Å². The molecule has 0 spiro atoms. The number of aromatic nitrogens is 2. The van der Waals surface area contributed by atoms with Gasteiger partial charge in [0.05, 0.1) is 13.2 Å². The number of rotatable bonds is 6. The number of ether oxygens (including phenoxy) is 1. The van der Waals surface area contributed by atoms with Gasteiger partial charge in [-0.15, -0.1) is 0 Å². The first-order valence-corrected chi connectivity index (χ1v) is 10.6. The van der Waals surface area contributed by atoms with Crippen LogP contribution in [-0.4, -0.2) is 9.97 Å². The standard InChI is InChI=1S/C28H28N2O/c1-28(2,3)25-14-12-21(13-15-25)18-31-19-23-10-7-11-26(22-8-5-4-6-9-22)27(23)24-16-29-20-30-17-24/h4-17,20H,18-19H2,1-3H3. The highest BCUT2D eigenvalue weighted by atomic mass is 16.5. The molecule has 0 aliphatic rings. The molecule has 0 N–H and O–H groups in total. The number of hydrogen-bond donors (Lipinski definition) is 0. The van der Waals surface area contributed by atoms with Gasteiger partial charge < -0.3 is 4.74 Å². The van der Waals surface area contributed by atoms with E-state index in [0.717, 1.165) is 22.3 Å². The van der Waals surface area contributed by atoms with Crippen molar-refractivity contribution in [1.82, 2.24) is 9.97 Å². The fourth-order valence-electron chi connectivity index (χ4n) is 3.73. The van der Waals surface area contributed by atoms with Gasteiger partial charge in [0, 0.05) is 18.0 Å². The quantitative estimate of drug-likeness (QED) is 0.351. The fraction of sp³-hybridized carbons (Fsp3) is 0.214. The molecule has 31 heavy (non-hydrogen) atoms. The van der Waals surface area contributed by atoms with Gasteiger partial charge in [0.25, 0.3) is 0 Å². The van der Waals surface area contributed by atoms with Crippen molar-refractivity contribution in [2.45, 2.75) is 39.4 Å². The van der Waals surface area contributed by atoms with Crippen LogP contribution in [-0.2, 0) is 23.4 Å². The Morgan fingerprint density at radius 3 is 2.10 bits per heavy atom. The van der Waals surface area contributed by atoms with Crippen LogP contribution in [0.15, 0.2) is 91.5 Å². The van der Waals surface area contributed by atoms with E-state index in [0.29, 0.717) is 13.2 Å². The van der Waals surface area contributed by atoms with Gasteiger partial charge in [-0.1, -0.05) is 93.6 Å². The zero-order valence-corrected chi connectivity index (χ0v) is 18.4. The highest BCUT2D eigenvalue weighted by molar-refractivity contribution is 5.85. The maximum Gasteiger partial charge on any atom is 0.115 e. The van der Waals surface area contributed by atoms with E-state index in [1.807, 2.05) is 18.5 Å². The topological polar surface area (TPSA) is 35.0 Å². The van der Waals surface area contributed by atoms with Crippen LogP contribution in [0.4, 0.5) is 0 Å². The van der Waals surface area contributed by atoms with Crippen molar-refractivity contribution in [3.05, 3.63) is 108 Å². The molecule has 0 amide bonds. The molecule has 0 aliphatic heterocycles. The molecule has 156 valence electrons. The molecule has 1 aromatic heterocycles. The van der Waals surface area contributed by atoms with Gasteiger partial charge >= 0.3 is 0 Å². The van der Waals surface area contributed by atoms with Crippen molar-refractivity contribution in [3.8, 4) is 22.3 Å². The highest BCUT2D eigenvalue weighted by Gasteiger charge is 2.14. The van der Waals surface area contributed by atoms with E-state index in [4.69, 9.17) is 4.74 Å². The van der Waals surface area contributed by atoms with Crippen LogP contribution in [0.1, 0.15) is 37.5 Å². The summed E-state index contributed by atoms with van der Waals surface area (Å²) in [5.41, 5.74) is 8.24. The van der Waals surface area contributed by atoms with Gasteiger partial charge in [0.1, 0.15) is 6.33 Å². The number of benzene rings is 3. The lowest BCUT2D eigenvalue weighted by molar-refractivity contribution is 0.107. The van der Waals surface area contributed by atoms with Gasteiger partial charge in [0.15, 0.2) is 0 Å². The minimum absolute atomic E-state index is 0.157. The van der Waals surface area contributed by atoms with Crippen LogP contribution in [0.5, 0.6) is 0 Å². The van der Waals surface area contributed by atoms with Gasteiger partial charge in [-0.3, -0.25) is 0 Å². The van der Waals surface area contributed by atoms with E-state index in [9.17, 15) is 0 Å². The first kappa shape index (κ1) is 21.0. The van der Waals surface area contributed by atoms with Crippen LogP contribution in [0.2, 0.25) is 0 Å². The summed E-state index contributed by atoms with van der Waals surface area (Å²) in [6.07, 6.45) is 5.29. The van der Waals surface area contributed by atoms with Crippen molar-refractivity contribution >= 4 is 0 Å². The average molecular weight is 409 g/mol. The Kier molecular flexibility index (Phi) is 6.24. The molecule has 0 bridgehead atoms. The van der Waals surface area contributed by atoms with Crippen LogP contribution >= 0.6 is 0 Å². The summed E-state index contributed by atoms with van der Waals surface area (Å²) in [4.78, 5) is 8.48. The Morgan fingerprint density at radius 1 is 0.710 bits per heavy atom. The summed E-state index contributed by atoms with van der Waals surface area (Å²) in [5, 5.41) is 0.